The average Bonchev–Trinajstić information content (AvgIpc) is 3.24. The number of rotatable bonds is 7. The van der Waals surface area contributed by atoms with Crippen LogP contribution in [0.4, 0.5) is 0 Å². The Morgan fingerprint density at radius 1 is 1.25 bits per heavy atom. The molecule has 0 saturated carbocycles. The molecule has 0 aliphatic heterocycles. The number of benzene rings is 1. The fourth-order valence-corrected chi connectivity index (χ4v) is 3.32. The smallest absolute Gasteiger partial charge is 0.191 e. The number of carbonyl (C=O) groups is 1. The number of aromatic amines is 1. The molecule has 0 radical (unpaired) electrons. The van der Waals surface area contributed by atoms with Crippen LogP contribution in [0.5, 0.6) is 0 Å². The summed E-state index contributed by atoms with van der Waals surface area (Å²) in [5.41, 5.74) is 1.57. The summed E-state index contributed by atoms with van der Waals surface area (Å²) in [4.78, 5) is 15.1. The zero-order chi connectivity index (χ0) is 16.9. The van der Waals surface area contributed by atoms with Crippen LogP contribution in [0.2, 0.25) is 5.02 Å². The summed E-state index contributed by atoms with van der Waals surface area (Å²) >= 11 is 7.36. The van der Waals surface area contributed by atoms with E-state index in [1.165, 1.54) is 11.8 Å². The molecular weight excluding hydrogens is 344 g/mol. The molecule has 2 aromatic heterocycles. The van der Waals surface area contributed by atoms with Gasteiger partial charge in [-0.05, 0) is 42.8 Å². The average molecular weight is 361 g/mol. The molecular formula is C17H17ClN4OS. The summed E-state index contributed by atoms with van der Waals surface area (Å²) in [7, 11) is 0. The molecule has 124 valence electrons. The molecule has 2 heterocycles. The molecule has 0 bridgehead atoms. The highest BCUT2D eigenvalue weighted by molar-refractivity contribution is 7.99. The zero-order valence-electron chi connectivity index (χ0n) is 13.2. The van der Waals surface area contributed by atoms with Gasteiger partial charge < -0.3 is 9.55 Å². The third-order valence-corrected chi connectivity index (χ3v) is 4.72. The molecule has 1 aromatic carbocycles. The minimum absolute atomic E-state index is 0.0455. The quantitative estimate of drug-likeness (QED) is 0.503. The molecule has 1 N–H and O–H groups in total. The topological polar surface area (TPSA) is 63.6 Å². The molecule has 0 aliphatic rings. The van der Waals surface area contributed by atoms with E-state index in [2.05, 4.69) is 26.7 Å². The normalized spacial score (nSPS) is 10.9. The number of halogens is 1. The molecule has 0 fully saturated rings. The Labute approximate surface area is 149 Å². The van der Waals surface area contributed by atoms with Crippen LogP contribution >= 0.6 is 23.4 Å². The number of ketones is 1. The van der Waals surface area contributed by atoms with Crippen LogP contribution in [-0.2, 0) is 6.54 Å². The molecule has 0 unspecified atom stereocenters. The number of hydrogen-bond acceptors (Lipinski definition) is 4. The van der Waals surface area contributed by atoms with Crippen LogP contribution in [0.1, 0.15) is 23.8 Å². The minimum atomic E-state index is 0.0455. The molecule has 3 rings (SSSR count). The standard InChI is InChI=1S/C17H17ClN4OS/c1-2-10-22-16(12-5-7-13(18)8-6-12)20-21-17(22)24-11-15(23)14-4-3-9-19-14/h3-9,19H,2,10-11H2,1H3. The maximum atomic E-state index is 12.1. The zero-order valence-corrected chi connectivity index (χ0v) is 14.8. The second-order valence-electron chi connectivity index (χ2n) is 5.26. The highest BCUT2D eigenvalue weighted by Crippen LogP contribution is 2.25. The number of nitrogens with zero attached hydrogens (tertiary/aromatic N) is 3. The van der Waals surface area contributed by atoms with Crippen LogP contribution in [0, 0.1) is 0 Å². The summed E-state index contributed by atoms with van der Waals surface area (Å²) in [6.45, 7) is 2.90. The van der Waals surface area contributed by atoms with Crippen LogP contribution in [-0.4, -0.2) is 31.3 Å². The van der Waals surface area contributed by atoms with Gasteiger partial charge in [0, 0.05) is 23.3 Å². The second kappa shape index (κ2) is 7.68. The van der Waals surface area contributed by atoms with Gasteiger partial charge in [0.1, 0.15) is 0 Å². The lowest BCUT2D eigenvalue weighted by Crippen LogP contribution is -2.06. The van der Waals surface area contributed by atoms with E-state index >= 15 is 0 Å². The van der Waals surface area contributed by atoms with Crippen molar-refractivity contribution in [1.29, 1.82) is 0 Å². The fraction of sp³-hybridized carbons (Fsp3) is 0.235. The largest absolute Gasteiger partial charge is 0.359 e. The maximum Gasteiger partial charge on any atom is 0.191 e. The Balaban J connectivity index is 1.80. The lowest BCUT2D eigenvalue weighted by molar-refractivity contribution is 0.101. The summed E-state index contributed by atoms with van der Waals surface area (Å²) in [6, 6.07) is 11.1. The number of Topliss-reactive ketones (excluding diaryl/α,β-unsaturated/α-hetero) is 1. The number of thioether (sulfide) groups is 1. The van der Waals surface area contributed by atoms with Gasteiger partial charge in [0.05, 0.1) is 11.4 Å². The number of nitrogens with one attached hydrogen (secondary N) is 1. The van der Waals surface area contributed by atoms with Gasteiger partial charge in [-0.25, -0.2) is 0 Å². The van der Waals surface area contributed by atoms with E-state index in [4.69, 9.17) is 11.6 Å². The van der Waals surface area contributed by atoms with E-state index in [0.717, 1.165) is 29.5 Å². The van der Waals surface area contributed by atoms with E-state index in [1.54, 1.807) is 12.3 Å². The Morgan fingerprint density at radius 3 is 2.71 bits per heavy atom. The van der Waals surface area contributed by atoms with Crippen molar-refractivity contribution in [3.8, 4) is 11.4 Å². The predicted octanol–water partition coefficient (Wildman–Crippen LogP) is 4.31. The molecule has 0 atom stereocenters. The summed E-state index contributed by atoms with van der Waals surface area (Å²) in [5, 5.41) is 10.0. The minimum Gasteiger partial charge on any atom is -0.359 e. The molecule has 7 heteroatoms. The van der Waals surface area contributed by atoms with Crippen molar-refractivity contribution in [3.05, 3.63) is 53.3 Å². The summed E-state index contributed by atoms with van der Waals surface area (Å²) in [5.74, 6) is 1.16. The Kier molecular flexibility index (Phi) is 5.37. The molecule has 5 nitrogen and oxygen atoms in total. The maximum absolute atomic E-state index is 12.1. The van der Waals surface area contributed by atoms with Crippen LogP contribution in [0.3, 0.4) is 0 Å². The lowest BCUT2D eigenvalue weighted by Gasteiger charge is -2.08. The number of carbonyl (C=O) groups excluding carboxylic acids is 1. The van der Waals surface area contributed by atoms with E-state index in [-0.39, 0.29) is 5.78 Å². The molecule has 24 heavy (non-hydrogen) atoms. The van der Waals surface area contributed by atoms with Crippen molar-refractivity contribution >= 4 is 29.1 Å². The first kappa shape index (κ1) is 16.8. The van der Waals surface area contributed by atoms with E-state index in [9.17, 15) is 4.79 Å². The third-order valence-electron chi connectivity index (χ3n) is 3.50. The SMILES string of the molecule is CCCn1c(SCC(=O)c2ccc[nH]2)nnc1-c1ccc(Cl)cc1. The molecule has 0 spiro atoms. The van der Waals surface area contributed by atoms with Gasteiger partial charge in [0.25, 0.3) is 0 Å². The highest BCUT2D eigenvalue weighted by Gasteiger charge is 2.16. The monoisotopic (exact) mass is 360 g/mol. The van der Waals surface area contributed by atoms with Crippen LogP contribution in [0.25, 0.3) is 11.4 Å². The molecule has 0 amide bonds. The highest BCUT2D eigenvalue weighted by atomic mass is 35.5. The second-order valence-corrected chi connectivity index (χ2v) is 6.64. The molecule has 0 aliphatic carbocycles. The number of hydrogen-bond donors (Lipinski definition) is 1. The Bertz CT molecular complexity index is 812. The first-order valence-electron chi connectivity index (χ1n) is 7.67. The Hall–Kier alpha value is -2.05. The number of aromatic nitrogens is 4. The van der Waals surface area contributed by atoms with Gasteiger partial charge in [0.2, 0.25) is 0 Å². The lowest BCUT2D eigenvalue weighted by atomic mass is 10.2. The van der Waals surface area contributed by atoms with Crippen molar-refractivity contribution in [3.63, 3.8) is 0 Å². The van der Waals surface area contributed by atoms with Gasteiger partial charge in [-0.2, -0.15) is 0 Å². The predicted molar refractivity (Wildman–Crippen MR) is 96.6 cm³/mol. The summed E-state index contributed by atoms with van der Waals surface area (Å²) < 4.78 is 2.05. The Morgan fingerprint density at radius 2 is 2.04 bits per heavy atom. The van der Waals surface area contributed by atoms with Crippen LogP contribution in [0.15, 0.2) is 47.8 Å². The van der Waals surface area contributed by atoms with E-state index < -0.39 is 0 Å². The van der Waals surface area contributed by atoms with Gasteiger partial charge in [0.15, 0.2) is 16.8 Å². The van der Waals surface area contributed by atoms with Gasteiger partial charge in [-0.1, -0.05) is 30.3 Å². The van der Waals surface area contributed by atoms with E-state index in [1.807, 2.05) is 30.3 Å². The first-order chi connectivity index (χ1) is 11.7. The first-order valence-corrected chi connectivity index (χ1v) is 9.04. The summed E-state index contributed by atoms with van der Waals surface area (Å²) in [6.07, 6.45) is 2.70. The van der Waals surface area contributed by atoms with E-state index in [0.29, 0.717) is 16.5 Å². The third kappa shape index (κ3) is 3.71. The fourth-order valence-electron chi connectivity index (χ4n) is 2.34. The van der Waals surface area contributed by atoms with Crippen LogP contribution < -0.4 is 0 Å². The van der Waals surface area contributed by atoms with Crippen molar-refractivity contribution < 1.29 is 4.79 Å². The molecule has 0 saturated heterocycles. The van der Waals surface area contributed by atoms with Gasteiger partial charge >= 0.3 is 0 Å². The number of H-pyrrole nitrogens is 1. The van der Waals surface area contributed by atoms with Crippen molar-refractivity contribution in [2.45, 2.75) is 25.0 Å². The van der Waals surface area contributed by atoms with Crippen molar-refractivity contribution in [1.82, 2.24) is 19.7 Å². The molecule has 3 aromatic rings. The van der Waals surface area contributed by atoms with Gasteiger partial charge in [-0.3, -0.25) is 4.79 Å². The van der Waals surface area contributed by atoms with Crippen molar-refractivity contribution in [2.75, 3.05) is 5.75 Å². The van der Waals surface area contributed by atoms with Gasteiger partial charge in [-0.15, -0.1) is 10.2 Å². The van der Waals surface area contributed by atoms with Crippen molar-refractivity contribution in [2.24, 2.45) is 0 Å².